The van der Waals surface area contributed by atoms with Crippen molar-refractivity contribution in [1.82, 2.24) is 10.4 Å². The maximum atomic E-state index is 12.8. The number of nitrogens with zero attached hydrogens (tertiary/aromatic N) is 2. The lowest BCUT2D eigenvalue weighted by atomic mass is 9.90. The fraction of sp³-hybridized carbons (Fsp3) is 0.567. The Labute approximate surface area is 240 Å². The van der Waals surface area contributed by atoms with Gasteiger partial charge in [-0.2, -0.15) is 0 Å². The molecule has 2 aromatic rings. The number of hydrogen-bond donors (Lipinski definition) is 1. The Morgan fingerprint density at radius 3 is 2.27 bits per heavy atom. The summed E-state index contributed by atoms with van der Waals surface area (Å²) in [5, 5.41) is 3.99. The lowest BCUT2D eigenvalue weighted by Gasteiger charge is -2.31. The van der Waals surface area contributed by atoms with E-state index in [9.17, 15) is 24.0 Å². The number of rotatable bonds is 14. The summed E-state index contributed by atoms with van der Waals surface area (Å²) in [6, 6.07) is 7.13. The number of hydrogen-bond acceptors (Lipinski definition) is 9. The monoisotopic (exact) mass is 571 g/mol. The number of carbonyl (C=O) groups is 4. The zero-order chi connectivity index (χ0) is 30.4. The van der Waals surface area contributed by atoms with E-state index in [-0.39, 0.29) is 38.0 Å². The van der Waals surface area contributed by atoms with Crippen LogP contribution in [0.15, 0.2) is 33.5 Å². The molecule has 0 radical (unpaired) electrons. The Morgan fingerprint density at radius 2 is 1.66 bits per heavy atom. The van der Waals surface area contributed by atoms with Crippen LogP contribution in [0.1, 0.15) is 84.0 Å². The van der Waals surface area contributed by atoms with E-state index < -0.39 is 40.3 Å². The third-order valence-electron chi connectivity index (χ3n) is 7.69. The Balaban J connectivity index is 1.54. The quantitative estimate of drug-likeness (QED) is 0.264. The molecule has 2 heterocycles. The highest BCUT2D eigenvalue weighted by atomic mass is 16.7. The van der Waals surface area contributed by atoms with E-state index in [1.54, 1.807) is 19.9 Å². The molecule has 11 nitrogen and oxygen atoms in total. The highest BCUT2D eigenvalue weighted by Gasteiger charge is 2.38. The molecule has 1 fully saturated rings. The van der Waals surface area contributed by atoms with Crippen LogP contribution in [0.25, 0.3) is 11.0 Å². The summed E-state index contributed by atoms with van der Waals surface area (Å²) in [7, 11) is 0. The van der Waals surface area contributed by atoms with Crippen LogP contribution in [0.5, 0.6) is 0 Å². The lowest BCUT2D eigenvalue weighted by Crippen LogP contribution is -2.39. The van der Waals surface area contributed by atoms with Crippen molar-refractivity contribution in [2.45, 2.75) is 79.2 Å². The van der Waals surface area contributed by atoms with E-state index in [0.717, 1.165) is 18.8 Å². The minimum atomic E-state index is -0.998. The number of ether oxygens (including phenoxy) is 1. The Morgan fingerprint density at radius 1 is 1.00 bits per heavy atom. The van der Waals surface area contributed by atoms with Gasteiger partial charge < -0.3 is 24.2 Å². The van der Waals surface area contributed by atoms with Gasteiger partial charge in [0.1, 0.15) is 11.1 Å². The maximum absolute atomic E-state index is 12.8. The first kappa shape index (κ1) is 31.8. The van der Waals surface area contributed by atoms with Crippen LogP contribution in [0, 0.1) is 5.41 Å². The standard InChI is InChI=1S/C30H41N3O8/c1-7-30(6,39-17-15-29(4,5)28(38)41-33-24(34)12-13-25(33)35)14-16-31-26(36)22-18-20-10-11-21(32(8-2)9-3)19-23(20)40-27(22)37/h10-11,18-19H,7-9,12-17H2,1-6H3,(H,31,36). The number of fused-ring (bicyclic) bond motifs is 1. The van der Waals surface area contributed by atoms with Crippen molar-refractivity contribution in [3.63, 3.8) is 0 Å². The normalized spacial score (nSPS) is 15.2. The molecule has 0 spiro atoms. The molecule has 0 bridgehead atoms. The SMILES string of the molecule is CCN(CC)c1ccc2cc(C(=O)NCCC(C)(CC)OCCC(C)(C)C(=O)ON3C(=O)CCC3=O)c(=O)oc2c1. The summed E-state index contributed by atoms with van der Waals surface area (Å²) in [5.74, 6) is -2.26. The summed E-state index contributed by atoms with van der Waals surface area (Å²) in [5.41, 5.74) is -1.01. The van der Waals surface area contributed by atoms with E-state index in [1.807, 2.05) is 45.9 Å². The number of benzene rings is 1. The number of carbonyl (C=O) groups excluding carboxylic acids is 4. The Bertz CT molecular complexity index is 1330. The number of amides is 3. The third-order valence-corrected chi connectivity index (χ3v) is 7.69. The first-order chi connectivity index (χ1) is 19.3. The molecule has 1 aromatic carbocycles. The van der Waals surface area contributed by atoms with Gasteiger partial charge >= 0.3 is 11.6 Å². The summed E-state index contributed by atoms with van der Waals surface area (Å²) in [6.07, 6.45) is 1.45. The van der Waals surface area contributed by atoms with E-state index in [2.05, 4.69) is 10.2 Å². The molecular formula is C30H41N3O8. The molecular weight excluding hydrogens is 530 g/mol. The van der Waals surface area contributed by atoms with Gasteiger partial charge in [-0.05, 0) is 72.1 Å². The van der Waals surface area contributed by atoms with Crippen molar-refractivity contribution in [2.75, 3.05) is 31.1 Å². The minimum absolute atomic E-state index is 0.0323. The van der Waals surface area contributed by atoms with Crippen molar-refractivity contribution in [1.29, 1.82) is 0 Å². The van der Waals surface area contributed by atoms with Crippen molar-refractivity contribution in [3.05, 3.63) is 40.2 Å². The lowest BCUT2D eigenvalue weighted by molar-refractivity contribution is -0.205. The summed E-state index contributed by atoms with van der Waals surface area (Å²) < 4.78 is 11.6. The predicted octanol–water partition coefficient (Wildman–Crippen LogP) is 3.97. The van der Waals surface area contributed by atoms with Crippen LogP contribution in [0.3, 0.4) is 0 Å². The summed E-state index contributed by atoms with van der Waals surface area (Å²) >= 11 is 0. The van der Waals surface area contributed by atoms with Gasteiger partial charge in [-0.15, -0.1) is 5.06 Å². The second-order valence-electron chi connectivity index (χ2n) is 11.1. The van der Waals surface area contributed by atoms with Crippen LogP contribution in [-0.2, 0) is 24.0 Å². The van der Waals surface area contributed by atoms with Crippen LogP contribution in [0.4, 0.5) is 5.69 Å². The zero-order valence-corrected chi connectivity index (χ0v) is 24.8. The third kappa shape index (κ3) is 7.72. The van der Waals surface area contributed by atoms with E-state index in [4.69, 9.17) is 14.0 Å². The van der Waals surface area contributed by atoms with Crippen LogP contribution >= 0.6 is 0 Å². The molecule has 1 aliphatic rings. The van der Waals surface area contributed by atoms with Gasteiger partial charge in [0.05, 0.1) is 11.0 Å². The van der Waals surface area contributed by atoms with Crippen molar-refractivity contribution >= 4 is 40.3 Å². The number of anilines is 1. The van der Waals surface area contributed by atoms with Crippen molar-refractivity contribution < 1.29 is 33.2 Å². The van der Waals surface area contributed by atoms with E-state index >= 15 is 0 Å². The average molecular weight is 572 g/mol. The first-order valence-electron chi connectivity index (χ1n) is 14.2. The molecule has 1 N–H and O–H groups in total. The molecule has 1 aliphatic heterocycles. The Hall–Kier alpha value is -3.73. The molecule has 1 atom stereocenters. The summed E-state index contributed by atoms with van der Waals surface area (Å²) in [6.45, 7) is 13.4. The van der Waals surface area contributed by atoms with Gasteiger partial charge in [0.25, 0.3) is 17.7 Å². The van der Waals surface area contributed by atoms with E-state index in [0.29, 0.717) is 28.9 Å². The smallest absolute Gasteiger partial charge is 0.349 e. The maximum Gasteiger partial charge on any atom is 0.349 e. The molecule has 41 heavy (non-hydrogen) atoms. The highest BCUT2D eigenvalue weighted by molar-refractivity contribution is 6.01. The summed E-state index contributed by atoms with van der Waals surface area (Å²) in [4.78, 5) is 68.7. The predicted molar refractivity (Wildman–Crippen MR) is 153 cm³/mol. The molecule has 224 valence electrons. The second kappa shape index (κ2) is 13.3. The topological polar surface area (TPSA) is 135 Å². The van der Waals surface area contributed by atoms with Gasteiger partial charge in [-0.1, -0.05) is 6.92 Å². The van der Waals surface area contributed by atoms with Crippen LogP contribution in [-0.4, -0.2) is 60.6 Å². The van der Waals surface area contributed by atoms with Gasteiger partial charge in [0, 0.05) is 56.2 Å². The van der Waals surface area contributed by atoms with Crippen LogP contribution in [0.2, 0.25) is 0 Å². The first-order valence-corrected chi connectivity index (χ1v) is 14.2. The number of hydroxylamine groups is 2. The van der Waals surface area contributed by atoms with Gasteiger partial charge in [0.2, 0.25) is 0 Å². The van der Waals surface area contributed by atoms with Gasteiger partial charge in [-0.25, -0.2) is 9.59 Å². The second-order valence-corrected chi connectivity index (χ2v) is 11.1. The number of nitrogens with one attached hydrogen (secondary N) is 1. The zero-order valence-electron chi connectivity index (χ0n) is 24.8. The van der Waals surface area contributed by atoms with Gasteiger partial charge in [0.15, 0.2) is 0 Å². The fourth-order valence-electron chi connectivity index (χ4n) is 4.45. The molecule has 3 amide bonds. The molecule has 1 unspecified atom stereocenters. The van der Waals surface area contributed by atoms with Crippen molar-refractivity contribution in [3.8, 4) is 0 Å². The molecule has 1 saturated heterocycles. The van der Waals surface area contributed by atoms with Crippen molar-refractivity contribution in [2.24, 2.45) is 5.41 Å². The molecule has 0 saturated carbocycles. The Kier molecular flexibility index (Phi) is 10.3. The fourth-order valence-corrected chi connectivity index (χ4v) is 4.45. The number of imide groups is 1. The highest BCUT2D eigenvalue weighted by Crippen LogP contribution is 2.27. The molecule has 11 heteroatoms. The van der Waals surface area contributed by atoms with Gasteiger partial charge in [-0.3, -0.25) is 14.4 Å². The molecule has 1 aromatic heterocycles. The minimum Gasteiger partial charge on any atom is -0.422 e. The largest absolute Gasteiger partial charge is 0.422 e. The average Bonchev–Trinajstić information content (AvgIpc) is 3.25. The van der Waals surface area contributed by atoms with Crippen LogP contribution < -0.4 is 15.8 Å². The molecule has 0 aliphatic carbocycles. The molecule has 3 rings (SSSR count). The van der Waals surface area contributed by atoms with E-state index in [1.165, 1.54) is 0 Å².